The molecule has 1 aromatic carbocycles. The van der Waals surface area contributed by atoms with Crippen LogP contribution in [0.25, 0.3) is 0 Å². The number of nitrogens with one attached hydrogen (secondary N) is 1. The first-order valence-electron chi connectivity index (χ1n) is 8.21. The second-order valence-corrected chi connectivity index (χ2v) is 9.57. The van der Waals surface area contributed by atoms with Crippen LogP contribution < -0.4 is 5.32 Å². The SMILES string of the molecule is O=C(CS(=O)(=O)c1ccc(Cl)cc1)Nc1nc2c(s1)CCCCCC2. The molecular weight excluding hydrogens is 380 g/mol. The monoisotopic (exact) mass is 398 g/mol. The smallest absolute Gasteiger partial charge is 0.241 e. The Balaban J connectivity index is 1.68. The number of amides is 1. The van der Waals surface area contributed by atoms with Gasteiger partial charge >= 0.3 is 0 Å². The Morgan fingerprint density at radius 3 is 2.52 bits per heavy atom. The lowest BCUT2D eigenvalue weighted by molar-refractivity contribution is -0.113. The molecule has 1 amide bonds. The Kier molecular flexibility index (Phi) is 5.76. The van der Waals surface area contributed by atoms with Crippen molar-refractivity contribution in [2.75, 3.05) is 11.1 Å². The van der Waals surface area contributed by atoms with E-state index >= 15 is 0 Å². The maximum Gasteiger partial charge on any atom is 0.241 e. The van der Waals surface area contributed by atoms with E-state index in [0.717, 1.165) is 31.4 Å². The topological polar surface area (TPSA) is 76.1 Å². The van der Waals surface area contributed by atoms with Gasteiger partial charge in [-0.2, -0.15) is 0 Å². The first-order chi connectivity index (χ1) is 11.9. The summed E-state index contributed by atoms with van der Waals surface area (Å²) >= 11 is 7.22. The summed E-state index contributed by atoms with van der Waals surface area (Å²) in [5, 5.41) is 3.58. The van der Waals surface area contributed by atoms with Gasteiger partial charge in [0.15, 0.2) is 15.0 Å². The van der Waals surface area contributed by atoms with E-state index in [1.165, 1.54) is 53.3 Å². The molecule has 0 saturated carbocycles. The molecule has 2 aromatic rings. The molecule has 0 atom stereocenters. The normalized spacial score (nSPS) is 15.1. The predicted octanol–water partition coefficient (Wildman–Crippen LogP) is 3.87. The maximum atomic E-state index is 12.3. The molecule has 0 saturated heterocycles. The van der Waals surface area contributed by atoms with Crippen molar-refractivity contribution in [1.29, 1.82) is 0 Å². The van der Waals surface area contributed by atoms with Gasteiger partial charge in [0.25, 0.3) is 0 Å². The second-order valence-electron chi connectivity index (χ2n) is 6.06. The van der Waals surface area contributed by atoms with Crippen LogP contribution in [0, 0.1) is 0 Å². The molecule has 0 fully saturated rings. The molecule has 0 bridgehead atoms. The third kappa shape index (κ3) is 4.80. The fraction of sp³-hybridized carbons (Fsp3) is 0.412. The van der Waals surface area contributed by atoms with Crippen LogP contribution in [0.15, 0.2) is 29.2 Å². The van der Waals surface area contributed by atoms with Gasteiger partial charge in [-0.15, -0.1) is 11.3 Å². The zero-order valence-corrected chi connectivity index (χ0v) is 16.0. The van der Waals surface area contributed by atoms with Crippen molar-refractivity contribution < 1.29 is 13.2 Å². The molecule has 1 aromatic heterocycles. The van der Waals surface area contributed by atoms with Crippen LogP contribution in [0.2, 0.25) is 5.02 Å². The van der Waals surface area contributed by atoms with Crippen molar-refractivity contribution in [3.05, 3.63) is 39.9 Å². The van der Waals surface area contributed by atoms with Gasteiger partial charge in [-0.25, -0.2) is 13.4 Å². The average molecular weight is 399 g/mol. The zero-order chi connectivity index (χ0) is 17.9. The number of aryl methyl sites for hydroxylation is 2. The highest BCUT2D eigenvalue weighted by Gasteiger charge is 2.21. The molecule has 134 valence electrons. The van der Waals surface area contributed by atoms with Crippen molar-refractivity contribution in [2.24, 2.45) is 0 Å². The Bertz CT molecular complexity index is 835. The summed E-state index contributed by atoms with van der Waals surface area (Å²) in [6.45, 7) is 0. The van der Waals surface area contributed by atoms with Crippen molar-refractivity contribution in [3.8, 4) is 0 Å². The van der Waals surface area contributed by atoms with Gasteiger partial charge in [0.1, 0.15) is 5.75 Å². The standard InChI is InChI=1S/C17H19ClN2O3S2/c18-12-7-9-13(10-8-12)25(22,23)11-16(21)20-17-19-14-5-3-1-2-4-6-15(14)24-17/h7-10H,1-6,11H2,(H,19,20,21). The Morgan fingerprint density at radius 1 is 1.12 bits per heavy atom. The van der Waals surface area contributed by atoms with Gasteiger partial charge in [0.05, 0.1) is 10.6 Å². The third-order valence-electron chi connectivity index (χ3n) is 4.09. The number of sulfone groups is 1. The summed E-state index contributed by atoms with van der Waals surface area (Å²) in [6.07, 6.45) is 6.57. The van der Waals surface area contributed by atoms with Crippen LogP contribution in [0.1, 0.15) is 36.3 Å². The van der Waals surface area contributed by atoms with E-state index in [4.69, 9.17) is 11.6 Å². The summed E-state index contributed by atoms with van der Waals surface area (Å²) in [5.41, 5.74) is 1.04. The first-order valence-corrected chi connectivity index (χ1v) is 11.1. The number of rotatable bonds is 4. The molecule has 0 spiro atoms. The number of hydrogen-bond acceptors (Lipinski definition) is 5. The lowest BCUT2D eigenvalue weighted by Crippen LogP contribution is -2.23. The van der Waals surface area contributed by atoms with E-state index in [1.807, 2.05) is 0 Å². The van der Waals surface area contributed by atoms with Gasteiger partial charge in [0, 0.05) is 9.90 Å². The van der Waals surface area contributed by atoms with Crippen LogP contribution in [0.4, 0.5) is 5.13 Å². The number of hydrogen-bond donors (Lipinski definition) is 1. The zero-order valence-electron chi connectivity index (χ0n) is 13.6. The molecule has 1 heterocycles. The largest absolute Gasteiger partial charge is 0.301 e. The minimum absolute atomic E-state index is 0.0819. The lowest BCUT2D eigenvalue weighted by Gasteiger charge is -2.06. The minimum Gasteiger partial charge on any atom is -0.301 e. The predicted molar refractivity (Wildman–Crippen MR) is 100 cm³/mol. The number of halogens is 1. The quantitative estimate of drug-likeness (QED) is 0.848. The number of benzene rings is 1. The molecule has 1 N–H and O–H groups in total. The number of aromatic nitrogens is 1. The summed E-state index contributed by atoms with van der Waals surface area (Å²) in [6, 6.07) is 5.79. The van der Waals surface area contributed by atoms with E-state index in [0.29, 0.717) is 10.2 Å². The molecule has 8 heteroatoms. The fourth-order valence-electron chi connectivity index (χ4n) is 2.81. The summed E-state index contributed by atoms with van der Waals surface area (Å²) in [4.78, 5) is 17.9. The molecule has 1 aliphatic rings. The highest BCUT2D eigenvalue weighted by molar-refractivity contribution is 7.92. The van der Waals surface area contributed by atoms with Crippen molar-refractivity contribution in [2.45, 2.75) is 43.4 Å². The van der Waals surface area contributed by atoms with E-state index in [9.17, 15) is 13.2 Å². The molecule has 1 aliphatic carbocycles. The fourth-order valence-corrected chi connectivity index (χ4v) is 5.14. The van der Waals surface area contributed by atoms with Crippen LogP contribution in [0.3, 0.4) is 0 Å². The van der Waals surface area contributed by atoms with Gasteiger partial charge in [-0.1, -0.05) is 24.4 Å². The van der Waals surface area contributed by atoms with Gasteiger partial charge < -0.3 is 5.32 Å². The van der Waals surface area contributed by atoms with Gasteiger partial charge in [-0.05, 0) is 49.9 Å². The molecule has 0 aliphatic heterocycles. The van der Waals surface area contributed by atoms with E-state index in [1.54, 1.807) is 0 Å². The van der Waals surface area contributed by atoms with Crippen LogP contribution >= 0.6 is 22.9 Å². The number of carbonyl (C=O) groups is 1. The number of carbonyl (C=O) groups excluding carboxylic acids is 1. The second kappa shape index (κ2) is 7.85. The average Bonchev–Trinajstić information content (AvgIpc) is 2.88. The molecule has 25 heavy (non-hydrogen) atoms. The van der Waals surface area contributed by atoms with Crippen LogP contribution in [-0.4, -0.2) is 25.1 Å². The highest BCUT2D eigenvalue weighted by Crippen LogP contribution is 2.28. The van der Waals surface area contributed by atoms with Crippen molar-refractivity contribution >= 4 is 43.8 Å². The van der Waals surface area contributed by atoms with E-state index < -0.39 is 21.5 Å². The Morgan fingerprint density at radius 2 is 1.80 bits per heavy atom. The number of anilines is 1. The molecule has 0 unspecified atom stereocenters. The van der Waals surface area contributed by atoms with E-state index in [2.05, 4.69) is 10.3 Å². The van der Waals surface area contributed by atoms with Gasteiger partial charge in [-0.3, -0.25) is 4.79 Å². The highest BCUT2D eigenvalue weighted by atomic mass is 35.5. The van der Waals surface area contributed by atoms with Crippen LogP contribution in [0.5, 0.6) is 0 Å². The first kappa shape index (κ1) is 18.4. The molecule has 0 radical (unpaired) electrons. The molecular formula is C17H19ClN2O3S2. The summed E-state index contributed by atoms with van der Waals surface area (Å²) < 4.78 is 24.6. The minimum atomic E-state index is -3.70. The lowest BCUT2D eigenvalue weighted by atomic mass is 10.0. The van der Waals surface area contributed by atoms with Gasteiger partial charge in [0.2, 0.25) is 5.91 Å². The number of thiazole rings is 1. The summed E-state index contributed by atoms with van der Waals surface area (Å²) in [5.74, 6) is -1.18. The Labute approximate surface area is 156 Å². The van der Waals surface area contributed by atoms with Crippen molar-refractivity contribution in [1.82, 2.24) is 4.98 Å². The maximum absolute atomic E-state index is 12.3. The number of nitrogens with zero attached hydrogens (tertiary/aromatic N) is 1. The third-order valence-corrected chi connectivity index (χ3v) is 7.04. The number of fused-ring (bicyclic) bond motifs is 1. The van der Waals surface area contributed by atoms with Crippen LogP contribution in [-0.2, 0) is 27.5 Å². The molecule has 3 rings (SSSR count). The summed E-state index contributed by atoms with van der Waals surface area (Å²) in [7, 11) is -3.70. The molecule has 5 nitrogen and oxygen atoms in total. The Hall–Kier alpha value is -1.44. The van der Waals surface area contributed by atoms with Crippen molar-refractivity contribution in [3.63, 3.8) is 0 Å². The van der Waals surface area contributed by atoms with E-state index in [-0.39, 0.29) is 4.90 Å².